The molecule has 1 amide bonds. The Hall–Kier alpha value is -3.08. The molecule has 1 atom stereocenters. The van der Waals surface area contributed by atoms with E-state index >= 15 is 0 Å². The van der Waals surface area contributed by atoms with E-state index in [2.05, 4.69) is 26.3 Å². The van der Waals surface area contributed by atoms with Gasteiger partial charge in [-0.3, -0.25) is 14.7 Å². The lowest BCUT2D eigenvalue weighted by molar-refractivity contribution is -0.286. The normalized spacial score (nSPS) is 20.9. The van der Waals surface area contributed by atoms with Crippen LogP contribution in [0.5, 0.6) is 0 Å². The molecule has 0 spiro atoms. The Morgan fingerprint density at radius 2 is 1.79 bits per heavy atom. The van der Waals surface area contributed by atoms with Crippen LogP contribution in [0.4, 0.5) is 11.5 Å². The summed E-state index contributed by atoms with van der Waals surface area (Å²) < 4.78 is 0. The first-order valence-corrected chi connectivity index (χ1v) is 13.8. The maximum atomic E-state index is 12.8. The van der Waals surface area contributed by atoms with Gasteiger partial charge in [-0.05, 0) is 68.8 Å². The Kier molecular flexibility index (Phi) is 8.44. The van der Waals surface area contributed by atoms with E-state index in [1.54, 1.807) is 36.7 Å². The lowest BCUT2D eigenvalue weighted by atomic mass is 9.99. The van der Waals surface area contributed by atoms with Crippen molar-refractivity contribution in [2.75, 3.05) is 36.4 Å². The minimum Gasteiger partial charge on any atom is -0.355 e. The van der Waals surface area contributed by atoms with Gasteiger partial charge in [-0.1, -0.05) is 35.9 Å². The number of amides is 1. The Morgan fingerprint density at radius 3 is 2.54 bits per heavy atom. The zero-order valence-corrected chi connectivity index (χ0v) is 22.8. The van der Waals surface area contributed by atoms with Gasteiger partial charge in [-0.2, -0.15) is 0 Å². The van der Waals surface area contributed by atoms with Crippen molar-refractivity contribution in [3.63, 3.8) is 0 Å². The third-order valence-corrected chi connectivity index (χ3v) is 7.99. The topological polar surface area (TPSA) is 105 Å². The van der Waals surface area contributed by atoms with Gasteiger partial charge in [0, 0.05) is 61.2 Å². The number of rotatable bonds is 6. The highest BCUT2D eigenvalue weighted by atomic mass is 35.5. The summed E-state index contributed by atoms with van der Waals surface area (Å²) in [5.41, 5.74) is 2.05. The summed E-state index contributed by atoms with van der Waals surface area (Å²) >= 11 is 6.36. The number of benzene rings is 1. The monoisotopic (exact) mass is 550 g/mol. The maximum Gasteiger partial charge on any atom is 0.274 e. The third-order valence-electron chi connectivity index (χ3n) is 7.62. The van der Waals surface area contributed by atoms with Crippen molar-refractivity contribution in [3.05, 3.63) is 83.3 Å². The van der Waals surface area contributed by atoms with Gasteiger partial charge in [0.1, 0.15) is 11.5 Å². The summed E-state index contributed by atoms with van der Waals surface area (Å²) in [7, 11) is 0. The lowest BCUT2D eigenvalue weighted by Crippen LogP contribution is -2.60. The van der Waals surface area contributed by atoms with Gasteiger partial charge < -0.3 is 20.4 Å². The molecule has 0 aliphatic carbocycles. The van der Waals surface area contributed by atoms with Crippen LogP contribution in [0, 0.1) is 0 Å². The number of aliphatic hydroxyl groups is 2. The number of aromatic nitrogens is 2. The lowest BCUT2D eigenvalue weighted by Gasteiger charge is -2.46. The molecule has 0 radical (unpaired) electrons. The Morgan fingerprint density at radius 1 is 1.05 bits per heavy atom. The van der Waals surface area contributed by atoms with E-state index < -0.39 is 5.91 Å². The fourth-order valence-corrected chi connectivity index (χ4v) is 5.90. The van der Waals surface area contributed by atoms with Crippen LogP contribution in [-0.2, 0) is 6.54 Å². The molecular weight excluding hydrogens is 516 g/mol. The zero-order valence-electron chi connectivity index (χ0n) is 22.1. The molecule has 3 aromatic rings. The third kappa shape index (κ3) is 6.57. The van der Waals surface area contributed by atoms with Crippen molar-refractivity contribution in [3.8, 4) is 0 Å². The number of hydrogen-bond acceptors (Lipinski definition) is 8. The van der Waals surface area contributed by atoms with Gasteiger partial charge in [0.2, 0.25) is 5.91 Å². The molecule has 0 saturated carbocycles. The van der Waals surface area contributed by atoms with Crippen molar-refractivity contribution >= 4 is 29.0 Å². The Balaban J connectivity index is 1.24. The summed E-state index contributed by atoms with van der Waals surface area (Å²) in [5.74, 6) is -1.61. The van der Waals surface area contributed by atoms with E-state index in [1.165, 1.54) is 0 Å². The quantitative estimate of drug-likeness (QED) is 0.400. The number of likely N-dealkylation sites (tertiary alicyclic amines) is 1. The number of hydrogen-bond donors (Lipinski definition) is 3. The molecule has 2 aliphatic rings. The van der Waals surface area contributed by atoms with Gasteiger partial charge in [-0.25, -0.2) is 9.88 Å². The molecule has 0 bridgehead atoms. The van der Waals surface area contributed by atoms with Gasteiger partial charge >= 0.3 is 0 Å². The van der Waals surface area contributed by atoms with Crippen LogP contribution in [0.2, 0.25) is 5.02 Å². The van der Waals surface area contributed by atoms with Gasteiger partial charge in [-0.15, -0.1) is 0 Å². The van der Waals surface area contributed by atoms with E-state index in [-0.39, 0.29) is 24.4 Å². The van der Waals surface area contributed by atoms with Crippen LogP contribution in [0.1, 0.15) is 42.2 Å². The van der Waals surface area contributed by atoms with E-state index in [9.17, 15) is 15.0 Å². The van der Waals surface area contributed by atoms with Crippen LogP contribution >= 0.6 is 11.6 Å². The molecule has 4 heterocycles. The molecule has 2 aliphatic heterocycles. The fraction of sp³-hybridized carbons (Fsp3) is 0.414. The fourth-order valence-electron chi connectivity index (χ4n) is 5.70. The van der Waals surface area contributed by atoms with Crippen molar-refractivity contribution in [1.29, 1.82) is 0 Å². The molecular formula is C29H35ClN6O3. The molecule has 39 heavy (non-hydrogen) atoms. The van der Waals surface area contributed by atoms with Crippen LogP contribution in [0.15, 0.2) is 67.0 Å². The van der Waals surface area contributed by atoms with Crippen LogP contribution in [0.3, 0.4) is 0 Å². The molecule has 10 heteroatoms. The number of carbonyl (C=O) groups excluding carboxylic acids is 1. The van der Waals surface area contributed by atoms with E-state index in [1.807, 2.05) is 41.0 Å². The Labute approximate surface area is 234 Å². The van der Waals surface area contributed by atoms with Crippen molar-refractivity contribution in [2.24, 2.45) is 0 Å². The largest absolute Gasteiger partial charge is 0.355 e. The first-order chi connectivity index (χ1) is 18.8. The van der Waals surface area contributed by atoms with E-state index in [0.717, 1.165) is 43.1 Å². The number of nitrogens with zero attached hydrogens (tertiary/aromatic N) is 5. The highest BCUT2D eigenvalue weighted by Crippen LogP contribution is 2.31. The van der Waals surface area contributed by atoms with E-state index in [4.69, 9.17) is 11.6 Å². The maximum absolute atomic E-state index is 12.8. The number of nitrogens with one attached hydrogen (secondary N) is 1. The second-order valence-electron chi connectivity index (χ2n) is 10.4. The number of halogens is 1. The number of piperidine rings is 1. The molecule has 206 valence electrons. The summed E-state index contributed by atoms with van der Waals surface area (Å²) in [4.78, 5) is 27.6. The number of carbonyl (C=O) groups is 1. The molecule has 2 aromatic heterocycles. The smallest absolute Gasteiger partial charge is 0.274 e. The summed E-state index contributed by atoms with van der Waals surface area (Å²) in [6.45, 7) is 5.49. The highest BCUT2D eigenvalue weighted by molar-refractivity contribution is 6.31. The minimum absolute atomic E-state index is 0.0443. The standard InChI is InChI=1S/C29H35ClN6O3/c1-21-19-35(27-8-4-7-26(33-27)28(37)32-23-9-14-31-15-10-23)18-13-29(38,39)36(21)24-11-16-34(17-12-24)20-22-5-2-3-6-25(22)30/h2-10,14-15,21,24,38-39H,11-13,16-20H2,1H3,(H,31,32,37). The summed E-state index contributed by atoms with van der Waals surface area (Å²) in [6.07, 6.45) is 5.04. The molecule has 2 fully saturated rings. The van der Waals surface area contributed by atoms with Crippen LogP contribution in [-0.4, -0.2) is 80.1 Å². The van der Waals surface area contributed by atoms with Gasteiger partial charge in [0.15, 0.2) is 0 Å². The Bertz CT molecular complexity index is 1270. The highest BCUT2D eigenvalue weighted by Gasteiger charge is 2.44. The van der Waals surface area contributed by atoms with Gasteiger partial charge in [0.25, 0.3) is 5.91 Å². The summed E-state index contributed by atoms with van der Waals surface area (Å²) in [5, 5.41) is 26.0. The zero-order chi connectivity index (χ0) is 27.4. The van der Waals surface area contributed by atoms with E-state index in [0.29, 0.717) is 30.3 Å². The van der Waals surface area contributed by atoms with Crippen molar-refractivity contribution < 1.29 is 15.0 Å². The first kappa shape index (κ1) is 27.5. The minimum atomic E-state index is -1.93. The second-order valence-corrected chi connectivity index (χ2v) is 10.8. The molecule has 1 aromatic carbocycles. The number of anilines is 2. The van der Waals surface area contributed by atoms with Crippen molar-refractivity contribution in [2.45, 2.75) is 50.7 Å². The van der Waals surface area contributed by atoms with Crippen LogP contribution < -0.4 is 10.2 Å². The number of pyridine rings is 2. The molecule has 3 N–H and O–H groups in total. The average Bonchev–Trinajstić information content (AvgIpc) is 3.05. The SMILES string of the molecule is CC1CN(c2cccc(C(=O)Nc3ccncc3)n2)CCC(O)(O)N1C1CCN(Cc2ccccc2Cl)CC1. The predicted molar refractivity (Wildman–Crippen MR) is 151 cm³/mol. The predicted octanol–water partition coefficient (Wildman–Crippen LogP) is 3.59. The molecule has 5 rings (SSSR count). The molecule has 2 saturated heterocycles. The molecule has 1 unspecified atom stereocenters. The average molecular weight is 551 g/mol. The molecule has 9 nitrogen and oxygen atoms in total. The summed E-state index contributed by atoms with van der Waals surface area (Å²) in [6, 6.07) is 16.6. The van der Waals surface area contributed by atoms with Crippen molar-refractivity contribution in [1.82, 2.24) is 19.8 Å². The van der Waals surface area contributed by atoms with Gasteiger partial charge in [0.05, 0.1) is 0 Å². The van der Waals surface area contributed by atoms with Crippen LogP contribution in [0.25, 0.3) is 0 Å². The first-order valence-electron chi connectivity index (χ1n) is 13.4. The second kappa shape index (κ2) is 12.0.